The van der Waals surface area contributed by atoms with Crippen LogP contribution in [0.4, 0.5) is 5.82 Å². The quantitative estimate of drug-likeness (QED) is 0.814. The number of hydrogen-bond donors (Lipinski definition) is 1. The predicted molar refractivity (Wildman–Crippen MR) is 106 cm³/mol. The van der Waals surface area contributed by atoms with Gasteiger partial charge in [0.2, 0.25) is 0 Å². The molecule has 0 radical (unpaired) electrons. The Morgan fingerprint density at radius 3 is 2.96 bits per heavy atom. The van der Waals surface area contributed by atoms with Gasteiger partial charge in [-0.1, -0.05) is 6.07 Å². The fourth-order valence-corrected chi connectivity index (χ4v) is 3.49. The van der Waals surface area contributed by atoms with Crippen LogP contribution in [0.5, 0.6) is 0 Å². The molecule has 1 atom stereocenters. The molecule has 3 rings (SSSR count). The van der Waals surface area contributed by atoms with Gasteiger partial charge in [-0.25, -0.2) is 4.98 Å². The van der Waals surface area contributed by atoms with Gasteiger partial charge in [-0.05, 0) is 49.9 Å². The number of pyridine rings is 2. The van der Waals surface area contributed by atoms with Gasteiger partial charge < -0.3 is 15.0 Å². The molecule has 0 aliphatic carbocycles. The molecule has 0 spiro atoms. The van der Waals surface area contributed by atoms with Crippen LogP contribution in [-0.2, 0) is 11.2 Å². The summed E-state index contributed by atoms with van der Waals surface area (Å²) in [7, 11) is 1.71. The lowest BCUT2D eigenvalue weighted by Crippen LogP contribution is -2.41. The van der Waals surface area contributed by atoms with Gasteiger partial charge in [-0.3, -0.25) is 9.78 Å². The minimum atomic E-state index is 0.0545. The minimum absolute atomic E-state index is 0.0545. The molecule has 27 heavy (non-hydrogen) atoms. The van der Waals surface area contributed by atoms with E-state index in [1.165, 1.54) is 0 Å². The Kier molecular flexibility index (Phi) is 6.76. The number of hydrogen-bond acceptors (Lipinski definition) is 5. The lowest BCUT2D eigenvalue weighted by Gasteiger charge is -2.32. The van der Waals surface area contributed by atoms with Crippen LogP contribution in [0.3, 0.4) is 0 Å². The van der Waals surface area contributed by atoms with Crippen LogP contribution < -0.4 is 5.32 Å². The first-order chi connectivity index (χ1) is 13.2. The van der Waals surface area contributed by atoms with Crippen molar-refractivity contribution < 1.29 is 9.53 Å². The number of aryl methyl sites for hydroxylation is 1. The number of carbonyl (C=O) groups excluding carboxylic acids is 1. The number of carbonyl (C=O) groups is 1. The molecule has 3 heterocycles. The van der Waals surface area contributed by atoms with Crippen LogP contribution in [0.15, 0.2) is 36.5 Å². The molecule has 0 unspecified atom stereocenters. The number of amides is 1. The second-order valence-electron chi connectivity index (χ2n) is 7.09. The molecular weight excluding hydrogens is 340 g/mol. The highest BCUT2D eigenvalue weighted by Crippen LogP contribution is 2.19. The molecule has 2 aromatic rings. The predicted octanol–water partition coefficient (Wildman–Crippen LogP) is 2.94. The fourth-order valence-electron chi connectivity index (χ4n) is 3.49. The first kappa shape index (κ1) is 19.3. The number of rotatable bonds is 7. The van der Waals surface area contributed by atoms with Gasteiger partial charge in [0, 0.05) is 50.7 Å². The van der Waals surface area contributed by atoms with E-state index in [1.807, 2.05) is 42.2 Å². The van der Waals surface area contributed by atoms with Crippen molar-refractivity contribution in [3.8, 4) is 0 Å². The Balaban J connectivity index is 1.51. The maximum Gasteiger partial charge on any atom is 0.255 e. The van der Waals surface area contributed by atoms with Crippen molar-refractivity contribution in [1.82, 2.24) is 14.9 Å². The number of ether oxygens (including phenoxy) is 1. The zero-order valence-electron chi connectivity index (χ0n) is 16.1. The van der Waals surface area contributed by atoms with E-state index in [0.717, 1.165) is 56.1 Å². The summed E-state index contributed by atoms with van der Waals surface area (Å²) in [6.45, 7) is 5.02. The van der Waals surface area contributed by atoms with Gasteiger partial charge in [0.1, 0.15) is 5.82 Å². The molecule has 0 bridgehead atoms. The van der Waals surface area contributed by atoms with Crippen LogP contribution in [0.1, 0.15) is 34.6 Å². The smallest absolute Gasteiger partial charge is 0.255 e. The number of methoxy groups -OCH3 is 1. The molecule has 6 nitrogen and oxygen atoms in total. The van der Waals surface area contributed by atoms with Gasteiger partial charge in [-0.2, -0.15) is 0 Å². The standard InChI is InChI=1S/C21H28N4O2/c1-16-5-3-7-19(24-16)10-11-22-20-9-8-18(13-23-20)21(26)25-12-4-6-17(14-25)15-27-2/h3,5,7-9,13,17H,4,6,10-12,14-15H2,1-2H3,(H,22,23)/t17-/m1/s1. The lowest BCUT2D eigenvalue weighted by molar-refractivity contribution is 0.0570. The molecule has 1 N–H and O–H groups in total. The maximum absolute atomic E-state index is 12.7. The molecule has 1 aliphatic heterocycles. The first-order valence-electron chi connectivity index (χ1n) is 9.56. The Morgan fingerprint density at radius 1 is 1.33 bits per heavy atom. The molecule has 0 aromatic carbocycles. The van der Waals surface area contributed by atoms with Crippen molar-refractivity contribution in [2.75, 3.05) is 38.7 Å². The summed E-state index contributed by atoms with van der Waals surface area (Å²) in [4.78, 5) is 23.5. The van der Waals surface area contributed by atoms with Crippen LogP contribution in [0, 0.1) is 12.8 Å². The zero-order valence-corrected chi connectivity index (χ0v) is 16.1. The van der Waals surface area contributed by atoms with Gasteiger partial charge >= 0.3 is 0 Å². The number of nitrogens with one attached hydrogen (secondary N) is 1. The summed E-state index contributed by atoms with van der Waals surface area (Å²) < 4.78 is 5.24. The summed E-state index contributed by atoms with van der Waals surface area (Å²) in [5.41, 5.74) is 2.72. The average molecular weight is 368 g/mol. The molecule has 1 aliphatic rings. The largest absolute Gasteiger partial charge is 0.384 e. The molecule has 1 amide bonds. The lowest BCUT2D eigenvalue weighted by atomic mass is 9.98. The molecule has 6 heteroatoms. The number of anilines is 1. The van der Waals surface area contributed by atoms with E-state index >= 15 is 0 Å². The van der Waals surface area contributed by atoms with Crippen LogP contribution in [-0.4, -0.2) is 54.1 Å². The SMILES string of the molecule is COC[C@@H]1CCCN(C(=O)c2ccc(NCCc3cccc(C)n3)nc2)C1. The van der Waals surface area contributed by atoms with Crippen molar-refractivity contribution in [3.05, 3.63) is 53.5 Å². The first-order valence-corrected chi connectivity index (χ1v) is 9.56. The van der Waals surface area contributed by atoms with Crippen molar-refractivity contribution in [2.24, 2.45) is 5.92 Å². The molecule has 1 fully saturated rings. The van der Waals surface area contributed by atoms with Crippen molar-refractivity contribution in [1.29, 1.82) is 0 Å². The molecule has 2 aromatic heterocycles. The van der Waals surface area contributed by atoms with Crippen molar-refractivity contribution in [3.63, 3.8) is 0 Å². The maximum atomic E-state index is 12.7. The third-order valence-corrected chi connectivity index (χ3v) is 4.85. The number of likely N-dealkylation sites (tertiary alicyclic amines) is 1. The van der Waals surface area contributed by atoms with E-state index in [0.29, 0.717) is 18.1 Å². The van der Waals surface area contributed by atoms with E-state index in [4.69, 9.17) is 4.74 Å². The van der Waals surface area contributed by atoms with Crippen molar-refractivity contribution >= 4 is 11.7 Å². The Bertz CT molecular complexity index is 746. The topological polar surface area (TPSA) is 67.3 Å². The Morgan fingerprint density at radius 2 is 2.22 bits per heavy atom. The monoisotopic (exact) mass is 368 g/mol. The van der Waals surface area contributed by atoms with E-state index in [9.17, 15) is 4.79 Å². The number of piperidine rings is 1. The van der Waals surface area contributed by atoms with Gasteiger partial charge in [0.15, 0.2) is 0 Å². The minimum Gasteiger partial charge on any atom is -0.384 e. The number of nitrogens with zero attached hydrogens (tertiary/aromatic N) is 3. The van der Waals surface area contributed by atoms with Crippen LogP contribution >= 0.6 is 0 Å². The Labute approximate surface area is 161 Å². The van der Waals surface area contributed by atoms with Gasteiger partial charge in [0.25, 0.3) is 5.91 Å². The molecule has 144 valence electrons. The fraction of sp³-hybridized carbons (Fsp3) is 0.476. The summed E-state index contributed by atoms with van der Waals surface area (Å²) in [6, 6.07) is 9.76. The highest BCUT2D eigenvalue weighted by atomic mass is 16.5. The van der Waals surface area contributed by atoms with E-state index in [1.54, 1.807) is 13.3 Å². The number of aromatic nitrogens is 2. The highest BCUT2D eigenvalue weighted by molar-refractivity contribution is 5.94. The normalized spacial score (nSPS) is 17.0. The van der Waals surface area contributed by atoms with Gasteiger partial charge in [0.05, 0.1) is 12.2 Å². The average Bonchev–Trinajstić information content (AvgIpc) is 2.69. The molecule has 1 saturated heterocycles. The summed E-state index contributed by atoms with van der Waals surface area (Å²) >= 11 is 0. The van der Waals surface area contributed by atoms with E-state index < -0.39 is 0 Å². The molecule has 0 saturated carbocycles. The third-order valence-electron chi connectivity index (χ3n) is 4.85. The summed E-state index contributed by atoms with van der Waals surface area (Å²) in [5, 5.41) is 3.29. The van der Waals surface area contributed by atoms with Gasteiger partial charge in [-0.15, -0.1) is 0 Å². The summed E-state index contributed by atoms with van der Waals surface area (Å²) in [6.07, 6.45) is 4.64. The van der Waals surface area contributed by atoms with E-state index in [-0.39, 0.29) is 5.91 Å². The summed E-state index contributed by atoms with van der Waals surface area (Å²) in [5.74, 6) is 1.26. The van der Waals surface area contributed by atoms with Crippen molar-refractivity contribution in [2.45, 2.75) is 26.2 Å². The Hall–Kier alpha value is -2.47. The highest BCUT2D eigenvalue weighted by Gasteiger charge is 2.24. The van der Waals surface area contributed by atoms with Crippen LogP contribution in [0.2, 0.25) is 0 Å². The second-order valence-corrected chi connectivity index (χ2v) is 7.09. The second kappa shape index (κ2) is 9.46. The van der Waals surface area contributed by atoms with E-state index in [2.05, 4.69) is 15.3 Å². The van der Waals surface area contributed by atoms with Crippen LogP contribution in [0.25, 0.3) is 0 Å². The molecular formula is C21H28N4O2. The third kappa shape index (κ3) is 5.50. The zero-order chi connectivity index (χ0) is 19.1.